The van der Waals surface area contributed by atoms with E-state index in [2.05, 4.69) is 17.3 Å². The third-order valence-corrected chi connectivity index (χ3v) is 7.47. The Kier molecular flexibility index (Phi) is 6.56. The molecule has 0 spiro atoms. The molecule has 2 heterocycles. The highest BCUT2D eigenvalue weighted by atomic mass is 19.1. The van der Waals surface area contributed by atoms with E-state index in [0.29, 0.717) is 28.5 Å². The fourth-order valence-corrected chi connectivity index (χ4v) is 5.35. The van der Waals surface area contributed by atoms with Crippen molar-refractivity contribution >= 4 is 5.91 Å². The molecule has 2 aliphatic rings. The molecule has 6 nitrogen and oxygen atoms in total. The summed E-state index contributed by atoms with van der Waals surface area (Å²) in [6.07, 6.45) is 3.48. The van der Waals surface area contributed by atoms with Crippen LogP contribution in [0.2, 0.25) is 0 Å². The summed E-state index contributed by atoms with van der Waals surface area (Å²) in [5, 5.41) is 2.68. The zero-order chi connectivity index (χ0) is 25.4. The van der Waals surface area contributed by atoms with E-state index in [-0.39, 0.29) is 17.8 Å². The van der Waals surface area contributed by atoms with Gasteiger partial charge in [-0.1, -0.05) is 25.1 Å². The summed E-state index contributed by atoms with van der Waals surface area (Å²) in [5.41, 5.74) is 4.79. The van der Waals surface area contributed by atoms with Crippen molar-refractivity contribution in [2.24, 2.45) is 17.0 Å². The maximum Gasteiger partial charge on any atom is 0.289 e. The van der Waals surface area contributed by atoms with Crippen LogP contribution in [0.25, 0.3) is 11.1 Å². The van der Waals surface area contributed by atoms with Gasteiger partial charge in [0.05, 0.1) is 12.8 Å². The maximum absolute atomic E-state index is 14.5. The van der Waals surface area contributed by atoms with Gasteiger partial charge in [-0.2, -0.15) is 0 Å². The molecule has 0 N–H and O–H groups in total. The van der Waals surface area contributed by atoms with Gasteiger partial charge in [-0.25, -0.2) is 4.39 Å². The largest absolute Gasteiger partial charge is 0.497 e. The lowest BCUT2D eigenvalue weighted by Gasteiger charge is -2.28. The summed E-state index contributed by atoms with van der Waals surface area (Å²) < 4.78 is 26.2. The first kappa shape index (κ1) is 24.1. The Balaban J connectivity index is 1.41. The van der Waals surface area contributed by atoms with Gasteiger partial charge in [0.1, 0.15) is 23.4 Å². The molecule has 1 aliphatic carbocycles. The smallest absolute Gasteiger partial charge is 0.289 e. The number of nitroso groups, excluding NO2 is 1. The Bertz CT molecular complexity index is 1320. The van der Waals surface area contributed by atoms with E-state index >= 15 is 0 Å². The Hall–Kier alpha value is -3.61. The molecule has 3 aromatic rings. The molecular weight excluding hydrogens is 459 g/mol. The average Bonchev–Trinajstić information content (AvgIpc) is 3.73. The van der Waals surface area contributed by atoms with Crippen LogP contribution in [0.3, 0.4) is 0 Å². The number of aryl methyl sites for hydroxylation is 2. The van der Waals surface area contributed by atoms with E-state index in [1.165, 1.54) is 6.07 Å². The van der Waals surface area contributed by atoms with Crippen LogP contribution in [0, 0.1) is 29.5 Å². The van der Waals surface area contributed by atoms with Gasteiger partial charge >= 0.3 is 0 Å². The van der Waals surface area contributed by atoms with Crippen LogP contribution in [-0.4, -0.2) is 18.0 Å². The highest BCUT2D eigenvalue weighted by Crippen LogP contribution is 2.48. The zero-order valence-corrected chi connectivity index (χ0v) is 20.7. The van der Waals surface area contributed by atoms with Crippen molar-refractivity contribution in [1.29, 1.82) is 0 Å². The number of hydrogen-bond acceptors (Lipinski definition) is 5. The number of hydrogen-bond donors (Lipinski definition) is 0. The lowest BCUT2D eigenvalue weighted by atomic mass is 9.82. The van der Waals surface area contributed by atoms with Crippen molar-refractivity contribution in [2.75, 3.05) is 7.11 Å². The van der Waals surface area contributed by atoms with Gasteiger partial charge in [0.2, 0.25) is 0 Å². The van der Waals surface area contributed by atoms with Gasteiger partial charge in [-0.3, -0.25) is 9.78 Å². The van der Waals surface area contributed by atoms with E-state index in [4.69, 9.17) is 14.5 Å². The lowest BCUT2D eigenvalue weighted by Crippen LogP contribution is -2.21. The first-order valence-electron chi connectivity index (χ1n) is 12.4. The van der Waals surface area contributed by atoms with Crippen molar-refractivity contribution in [3.63, 3.8) is 0 Å². The summed E-state index contributed by atoms with van der Waals surface area (Å²) in [4.78, 5) is 27.7. The summed E-state index contributed by atoms with van der Waals surface area (Å²) in [7, 11) is 1.56. The number of nitrogens with zero attached hydrogens (tertiary/aromatic N) is 2. The van der Waals surface area contributed by atoms with Crippen LogP contribution in [0.15, 0.2) is 53.7 Å². The van der Waals surface area contributed by atoms with E-state index in [1.54, 1.807) is 26.2 Å². The van der Waals surface area contributed by atoms with Crippen molar-refractivity contribution in [1.82, 2.24) is 4.98 Å². The summed E-state index contributed by atoms with van der Waals surface area (Å²) in [6.45, 7) is 3.65. The minimum Gasteiger partial charge on any atom is -0.497 e. The molecule has 1 fully saturated rings. The first-order chi connectivity index (χ1) is 17.4. The molecule has 1 aliphatic heterocycles. The SMILES string of the molecule is COc1ccc(F)c(-c2ccc(C3CCc4ccc([C@H](C5CC5)[C@H](C)C(=O)N=O)cc4O3)nc2C)c1. The summed E-state index contributed by atoms with van der Waals surface area (Å²) >= 11 is 0. The topological polar surface area (TPSA) is 77.8 Å². The van der Waals surface area contributed by atoms with E-state index in [9.17, 15) is 14.1 Å². The van der Waals surface area contributed by atoms with Crippen molar-refractivity contribution in [3.8, 4) is 22.6 Å². The highest BCUT2D eigenvalue weighted by molar-refractivity contribution is 5.80. The van der Waals surface area contributed by atoms with Gasteiger partial charge in [0, 0.05) is 27.9 Å². The summed E-state index contributed by atoms with van der Waals surface area (Å²) in [5.74, 6) is 0.334. The number of benzene rings is 2. The fourth-order valence-electron chi connectivity index (χ4n) is 5.35. The minimum absolute atomic E-state index is 0.0399. The van der Waals surface area contributed by atoms with E-state index < -0.39 is 11.8 Å². The summed E-state index contributed by atoms with van der Waals surface area (Å²) in [6, 6.07) is 14.6. The predicted molar refractivity (Wildman–Crippen MR) is 134 cm³/mol. The van der Waals surface area contributed by atoms with Crippen LogP contribution in [0.4, 0.5) is 4.39 Å². The third kappa shape index (κ3) is 4.62. The standard InChI is InChI=1S/C29H29FN2O4/c1-16(29(33)32-34)28(19-5-6-19)20-7-4-18-8-13-26(36-27(18)14-20)25-12-10-22(17(2)31-25)23-15-21(35-3)9-11-24(23)30/h4,7,9-12,14-16,19,26,28H,5-6,8,13H2,1-3H3/t16-,26?,28-/m0/s1. The molecule has 1 saturated carbocycles. The molecule has 0 bridgehead atoms. The molecule has 1 amide bonds. The van der Waals surface area contributed by atoms with Gasteiger partial charge in [0.15, 0.2) is 0 Å². The Labute approximate surface area is 209 Å². The highest BCUT2D eigenvalue weighted by Gasteiger charge is 2.39. The number of aromatic nitrogens is 1. The Morgan fingerprint density at radius 3 is 2.61 bits per heavy atom. The number of methoxy groups -OCH3 is 1. The first-order valence-corrected chi connectivity index (χ1v) is 12.4. The number of carbonyl (C=O) groups excluding carboxylic acids is 1. The number of ether oxygens (including phenoxy) is 2. The van der Waals surface area contributed by atoms with E-state index in [0.717, 1.165) is 48.3 Å². The van der Waals surface area contributed by atoms with Crippen molar-refractivity contribution in [3.05, 3.63) is 81.8 Å². The molecule has 0 saturated heterocycles. The van der Waals surface area contributed by atoms with E-state index in [1.807, 2.05) is 25.1 Å². The third-order valence-electron chi connectivity index (χ3n) is 7.47. The van der Waals surface area contributed by atoms with Crippen LogP contribution < -0.4 is 9.47 Å². The number of pyridine rings is 1. The van der Waals surface area contributed by atoms with Crippen molar-refractivity contribution in [2.45, 2.75) is 51.6 Å². The second-order valence-corrected chi connectivity index (χ2v) is 9.81. The Morgan fingerprint density at radius 2 is 1.92 bits per heavy atom. The van der Waals surface area contributed by atoms with Crippen LogP contribution >= 0.6 is 0 Å². The number of amides is 1. The normalized spacial score (nSPS) is 18.5. The molecular formula is C29H29FN2O4. The molecule has 5 rings (SSSR count). The van der Waals surface area contributed by atoms with Gasteiger partial charge < -0.3 is 9.47 Å². The monoisotopic (exact) mass is 488 g/mol. The van der Waals surface area contributed by atoms with Gasteiger partial charge in [-0.15, -0.1) is 4.91 Å². The molecule has 7 heteroatoms. The quantitative estimate of drug-likeness (QED) is 0.346. The molecule has 0 radical (unpaired) electrons. The number of rotatable bonds is 7. The molecule has 1 aromatic heterocycles. The zero-order valence-electron chi connectivity index (χ0n) is 20.7. The second kappa shape index (κ2) is 9.80. The average molecular weight is 489 g/mol. The van der Waals surface area contributed by atoms with Crippen LogP contribution in [0.5, 0.6) is 11.5 Å². The number of halogens is 1. The van der Waals surface area contributed by atoms with Crippen molar-refractivity contribution < 1.29 is 18.7 Å². The fraction of sp³-hybridized carbons (Fsp3) is 0.379. The van der Waals surface area contributed by atoms with Crippen LogP contribution in [-0.2, 0) is 11.2 Å². The minimum atomic E-state index is -0.601. The van der Waals surface area contributed by atoms with Gasteiger partial charge in [-0.05, 0) is 85.9 Å². The number of carbonyl (C=O) groups is 1. The predicted octanol–water partition coefficient (Wildman–Crippen LogP) is 6.69. The molecule has 2 aromatic carbocycles. The molecule has 186 valence electrons. The van der Waals surface area contributed by atoms with Gasteiger partial charge in [0.25, 0.3) is 5.91 Å². The lowest BCUT2D eigenvalue weighted by molar-refractivity contribution is -0.122. The number of fused-ring (bicyclic) bond motifs is 1. The van der Waals surface area contributed by atoms with Crippen LogP contribution in [0.1, 0.15) is 60.7 Å². The second-order valence-electron chi connectivity index (χ2n) is 9.81. The molecule has 1 unspecified atom stereocenters. The molecule has 36 heavy (non-hydrogen) atoms. The molecule has 3 atom stereocenters. The Morgan fingerprint density at radius 1 is 1.11 bits per heavy atom. The maximum atomic E-state index is 14.5.